The molecule has 0 N–H and O–H groups in total. The van der Waals surface area contributed by atoms with Gasteiger partial charge in [-0.05, 0) is 30.7 Å². The van der Waals surface area contributed by atoms with Crippen molar-refractivity contribution in [3.8, 4) is 5.69 Å². The second-order valence-electron chi connectivity index (χ2n) is 5.96. The summed E-state index contributed by atoms with van der Waals surface area (Å²) in [6.07, 6.45) is 9.23. The maximum absolute atomic E-state index is 13.1. The third kappa shape index (κ3) is 2.83. The number of aryl methyl sites for hydroxylation is 2. The molecule has 4 rings (SSSR count). The number of nitrogens with zero attached hydrogens (tertiary/aromatic N) is 5. The Labute approximate surface area is 148 Å². The molecule has 26 heavy (non-hydrogen) atoms. The number of pyridine rings is 1. The summed E-state index contributed by atoms with van der Waals surface area (Å²) in [7, 11) is 0. The van der Waals surface area contributed by atoms with Crippen molar-refractivity contribution in [1.82, 2.24) is 23.7 Å². The largest absolute Gasteiger partial charge is 0.337 e. The van der Waals surface area contributed by atoms with E-state index in [1.165, 1.54) is 10.8 Å². The molecule has 130 valence electrons. The van der Waals surface area contributed by atoms with Gasteiger partial charge in [0.05, 0.1) is 29.1 Å². The van der Waals surface area contributed by atoms with Crippen molar-refractivity contribution in [1.29, 1.82) is 0 Å². The van der Waals surface area contributed by atoms with Crippen molar-refractivity contribution < 1.29 is 0 Å². The number of hydrogen-bond donors (Lipinski definition) is 0. The highest BCUT2D eigenvalue weighted by molar-refractivity contribution is 5.78. The maximum atomic E-state index is 13.1. The van der Waals surface area contributed by atoms with Crippen LogP contribution in [0.15, 0.2) is 77.1 Å². The van der Waals surface area contributed by atoms with E-state index in [9.17, 15) is 9.59 Å². The lowest BCUT2D eigenvalue weighted by Gasteiger charge is -2.14. The van der Waals surface area contributed by atoms with Crippen LogP contribution in [0.1, 0.15) is 6.42 Å². The average Bonchev–Trinajstić information content (AvgIpc) is 3.19. The quantitative estimate of drug-likeness (QED) is 0.552. The summed E-state index contributed by atoms with van der Waals surface area (Å²) in [5, 5.41) is 0.513. The molecular weight excluding hydrogens is 330 g/mol. The Balaban J connectivity index is 1.83. The summed E-state index contributed by atoms with van der Waals surface area (Å²) in [5.74, 6) is 0. The zero-order valence-corrected chi connectivity index (χ0v) is 14.0. The van der Waals surface area contributed by atoms with Gasteiger partial charge in [-0.1, -0.05) is 12.1 Å². The number of para-hydroxylation sites is 1. The van der Waals surface area contributed by atoms with Gasteiger partial charge in [-0.3, -0.25) is 14.3 Å². The van der Waals surface area contributed by atoms with Gasteiger partial charge in [0.2, 0.25) is 0 Å². The lowest BCUT2D eigenvalue weighted by Crippen LogP contribution is -2.39. The Morgan fingerprint density at radius 1 is 0.923 bits per heavy atom. The van der Waals surface area contributed by atoms with Crippen molar-refractivity contribution >= 4 is 10.9 Å². The molecule has 0 bridgehead atoms. The molecule has 3 aromatic heterocycles. The molecule has 1 aromatic carbocycles. The van der Waals surface area contributed by atoms with Gasteiger partial charge in [0.1, 0.15) is 0 Å². The van der Waals surface area contributed by atoms with Gasteiger partial charge in [-0.25, -0.2) is 14.3 Å². The lowest BCUT2D eigenvalue weighted by atomic mass is 10.2. The van der Waals surface area contributed by atoms with Gasteiger partial charge in [0.25, 0.3) is 5.56 Å². The molecule has 0 unspecified atom stereocenters. The molecule has 0 fully saturated rings. The monoisotopic (exact) mass is 347 g/mol. The SMILES string of the molecule is O=c1c2ccccc2n(CCCn2ccnc2)c(=O)n1-c1cccnc1. The third-order valence-electron chi connectivity index (χ3n) is 4.31. The molecule has 0 aliphatic rings. The van der Waals surface area contributed by atoms with E-state index in [0.717, 1.165) is 13.0 Å². The Morgan fingerprint density at radius 2 is 1.81 bits per heavy atom. The molecular formula is C19H17N5O2. The summed E-state index contributed by atoms with van der Waals surface area (Å²) in [6.45, 7) is 1.24. The van der Waals surface area contributed by atoms with Crippen molar-refractivity contribution in [3.63, 3.8) is 0 Å². The molecule has 0 amide bonds. The summed E-state index contributed by atoms with van der Waals surface area (Å²) < 4.78 is 4.80. The fourth-order valence-electron chi connectivity index (χ4n) is 3.08. The second-order valence-corrected chi connectivity index (χ2v) is 5.96. The van der Waals surface area contributed by atoms with Gasteiger partial charge in [-0.15, -0.1) is 0 Å². The zero-order valence-electron chi connectivity index (χ0n) is 14.0. The average molecular weight is 347 g/mol. The normalized spacial score (nSPS) is 11.1. The fraction of sp³-hybridized carbons (Fsp3) is 0.158. The van der Waals surface area contributed by atoms with E-state index in [4.69, 9.17) is 0 Å². The molecule has 0 aliphatic heterocycles. The van der Waals surface area contributed by atoms with E-state index in [-0.39, 0.29) is 11.2 Å². The van der Waals surface area contributed by atoms with Crippen molar-refractivity contribution in [2.45, 2.75) is 19.5 Å². The fourth-order valence-corrected chi connectivity index (χ4v) is 3.08. The highest BCUT2D eigenvalue weighted by Gasteiger charge is 2.14. The highest BCUT2D eigenvalue weighted by atomic mass is 16.2. The minimum atomic E-state index is -0.354. The number of aromatic nitrogens is 5. The minimum absolute atomic E-state index is 0.329. The van der Waals surface area contributed by atoms with Gasteiger partial charge >= 0.3 is 5.69 Å². The van der Waals surface area contributed by atoms with Gasteiger partial charge in [-0.2, -0.15) is 0 Å². The first kappa shape index (κ1) is 16.0. The molecule has 0 saturated heterocycles. The first-order valence-corrected chi connectivity index (χ1v) is 8.36. The van der Waals surface area contributed by atoms with E-state index in [0.29, 0.717) is 23.1 Å². The van der Waals surface area contributed by atoms with Gasteiger partial charge in [0, 0.05) is 31.7 Å². The number of hydrogen-bond acceptors (Lipinski definition) is 4. The smallest absolute Gasteiger partial charge is 0.336 e. The molecule has 0 spiro atoms. The summed E-state index contributed by atoms with van der Waals surface area (Å²) >= 11 is 0. The number of fused-ring (bicyclic) bond motifs is 1. The molecule has 3 heterocycles. The summed E-state index contributed by atoms with van der Waals surface area (Å²) in [6, 6.07) is 10.6. The van der Waals surface area contributed by atoms with Crippen LogP contribution in [-0.2, 0) is 13.1 Å². The topological polar surface area (TPSA) is 74.7 Å². The lowest BCUT2D eigenvalue weighted by molar-refractivity contribution is 0.549. The predicted molar refractivity (Wildman–Crippen MR) is 98.4 cm³/mol. The predicted octanol–water partition coefficient (Wildman–Crippen LogP) is 1.83. The van der Waals surface area contributed by atoms with Gasteiger partial charge < -0.3 is 4.57 Å². The van der Waals surface area contributed by atoms with Crippen LogP contribution in [-0.4, -0.2) is 23.7 Å². The van der Waals surface area contributed by atoms with E-state index in [1.54, 1.807) is 47.6 Å². The van der Waals surface area contributed by atoms with Crippen molar-refractivity contribution in [2.75, 3.05) is 0 Å². The van der Waals surface area contributed by atoms with Crippen LogP contribution in [0.4, 0.5) is 0 Å². The Kier molecular flexibility index (Phi) is 4.18. The van der Waals surface area contributed by atoms with Gasteiger partial charge in [0.15, 0.2) is 0 Å². The Hall–Kier alpha value is -3.48. The first-order chi connectivity index (χ1) is 12.8. The van der Waals surface area contributed by atoms with Crippen LogP contribution in [0.25, 0.3) is 16.6 Å². The summed E-state index contributed by atoms with van der Waals surface area (Å²) in [4.78, 5) is 34.0. The number of rotatable bonds is 5. The molecule has 0 radical (unpaired) electrons. The van der Waals surface area contributed by atoms with Crippen LogP contribution in [0.3, 0.4) is 0 Å². The van der Waals surface area contributed by atoms with E-state index >= 15 is 0 Å². The molecule has 0 atom stereocenters. The standard InChI is InChI=1S/C19H17N5O2/c25-18-16-6-1-2-7-17(16)23(11-4-10-22-12-9-21-14-22)19(26)24(18)15-5-3-8-20-13-15/h1-3,5-9,12-14H,4,10-11H2. The second kappa shape index (κ2) is 6.79. The molecule has 0 saturated carbocycles. The van der Waals surface area contributed by atoms with Crippen LogP contribution in [0, 0.1) is 0 Å². The highest BCUT2D eigenvalue weighted by Crippen LogP contribution is 2.10. The Bertz CT molecular complexity index is 1140. The maximum Gasteiger partial charge on any atom is 0.336 e. The number of benzene rings is 1. The van der Waals surface area contributed by atoms with Crippen LogP contribution >= 0.6 is 0 Å². The molecule has 4 aromatic rings. The van der Waals surface area contributed by atoms with E-state index in [1.807, 2.05) is 22.9 Å². The van der Waals surface area contributed by atoms with E-state index in [2.05, 4.69) is 9.97 Å². The van der Waals surface area contributed by atoms with Crippen LogP contribution < -0.4 is 11.2 Å². The molecule has 7 nitrogen and oxygen atoms in total. The van der Waals surface area contributed by atoms with Crippen LogP contribution in [0.2, 0.25) is 0 Å². The zero-order chi connectivity index (χ0) is 17.9. The minimum Gasteiger partial charge on any atom is -0.337 e. The third-order valence-corrected chi connectivity index (χ3v) is 4.31. The molecule has 7 heteroatoms. The van der Waals surface area contributed by atoms with Crippen molar-refractivity contribution in [3.05, 3.63) is 88.4 Å². The van der Waals surface area contributed by atoms with E-state index < -0.39 is 0 Å². The molecule has 0 aliphatic carbocycles. The first-order valence-electron chi connectivity index (χ1n) is 8.36. The number of imidazole rings is 1. The Morgan fingerprint density at radius 3 is 2.58 bits per heavy atom. The van der Waals surface area contributed by atoms with Crippen LogP contribution in [0.5, 0.6) is 0 Å². The van der Waals surface area contributed by atoms with Crippen molar-refractivity contribution in [2.24, 2.45) is 0 Å². The summed E-state index contributed by atoms with van der Waals surface area (Å²) in [5.41, 5.74) is 0.432.